The number of sulfone groups is 1. The van der Waals surface area contributed by atoms with Crippen molar-refractivity contribution in [2.75, 3.05) is 18.1 Å². The lowest BCUT2D eigenvalue weighted by Gasteiger charge is -2.38. The van der Waals surface area contributed by atoms with Gasteiger partial charge < -0.3 is 5.11 Å². The standard InChI is InChI=1S/C12H21NO6S2/c1-9-3-2-6-13(11(9)12(14)15)21(18,19)10-4-7-20(16,17)8-5-10/h9-11H,2-8H2,1H3,(H,14,15). The molecular weight excluding hydrogens is 318 g/mol. The summed E-state index contributed by atoms with van der Waals surface area (Å²) in [6.45, 7) is 1.94. The molecule has 7 nitrogen and oxygen atoms in total. The summed E-state index contributed by atoms with van der Waals surface area (Å²) in [5, 5.41) is 8.54. The van der Waals surface area contributed by atoms with E-state index < -0.39 is 37.1 Å². The van der Waals surface area contributed by atoms with E-state index in [0.29, 0.717) is 12.8 Å². The number of sulfonamides is 1. The summed E-state index contributed by atoms with van der Waals surface area (Å²) in [5.74, 6) is -1.65. The summed E-state index contributed by atoms with van der Waals surface area (Å²) >= 11 is 0. The molecule has 0 spiro atoms. The Morgan fingerprint density at radius 2 is 1.76 bits per heavy atom. The SMILES string of the molecule is CC1CCCN(S(=O)(=O)C2CCS(=O)(=O)CC2)C1C(=O)O. The predicted molar refractivity (Wildman–Crippen MR) is 77.1 cm³/mol. The Balaban J connectivity index is 2.23. The van der Waals surface area contributed by atoms with Crippen LogP contribution in [-0.4, -0.2) is 61.6 Å². The zero-order chi connectivity index (χ0) is 15.8. The van der Waals surface area contributed by atoms with Crippen molar-refractivity contribution in [3.05, 3.63) is 0 Å². The maximum Gasteiger partial charge on any atom is 0.322 e. The van der Waals surface area contributed by atoms with Crippen LogP contribution in [0.1, 0.15) is 32.6 Å². The molecule has 2 fully saturated rings. The average Bonchev–Trinajstić information content (AvgIpc) is 2.37. The summed E-state index contributed by atoms with van der Waals surface area (Å²) in [6.07, 6.45) is 1.43. The number of hydrogen-bond acceptors (Lipinski definition) is 5. The average molecular weight is 339 g/mol. The Labute approximate surface area is 125 Å². The maximum absolute atomic E-state index is 12.7. The number of aliphatic carboxylic acids is 1. The first kappa shape index (κ1) is 16.7. The molecule has 1 N–H and O–H groups in total. The van der Waals surface area contributed by atoms with Gasteiger partial charge in [0.25, 0.3) is 0 Å². The Morgan fingerprint density at radius 3 is 2.29 bits per heavy atom. The van der Waals surface area contributed by atoms with Gasteiger partial charge in [0.2, 0.25) is 10.0 Å². The van der Waals surface area contributed by atoms with Gasteiger partial charge in [-0.2, -0.15) is 4.31 Å². The summed E-state index contributed by atoms with van der Waals surface area (Å²) in [6, 6.07) is -1.04. The van der Waals surface area contributed by atoms with Crippen LogP contribution in [-0.2, 0) is 24.7 Å². The highest BCUT2D eigenvalue weighted by Gasteiger charge is 2.45. The van der Waals surface area contributed by atoms with Crippen molar-refractivity contribution in [1.29, 1.82) is 0 Å². The van der Waals surface area contributed by atoms with Crippen molar-refractivity contribution < 1.29 is 26.7 Å². The van der Waals surface area contributed by atoms with E-state index >= 15 is 0 Å². The Morgan fingerprint density at radius 1 is 1.19 bits per heavy atom. The quantitative estimate of drug-likeness (QED) is 0.780. The van der Waals surface area contributed by atoms with Crippen LogP contribution in [0, 0.1) is 5.92 Å². The first-order valence-electron chi connectivity index (χ1n) is 7.09. The van der Waals surface area contributed by atoms with E-state index in [0.717, 1.165) is 4.31 Å². The van der Waals surface area contributed by atoms with Crippen LogP contribution in [0.3, 0.4) is 0 Å². The molecule has 2 saturated heterocycles. The van der Waals surface area contributed by atoms with Gasteiger partial charge in [-0.3, -0.25) is 4.79 Å². The molecule has 2 heterocycles. The molecule has 21 heavy (non-hydrogen) atoms. The van der Waals surface area contributed by atoms with E-state index in [1.165, 1.54) is 0 Å². The lowest BCUT2D eigenvalue weighted by atomic mass is 9.93. The molecule has 0 bridgehead atoms. The lowest BCUT2D eigenvalue weighted by Crippen LogP contribution is -2.55. The van der Waals surface area contributed by atoms with E-state index in [1.54, 1.807) is 6.92 Å². The normalized spacial score (nSPS) is 31.9. The third-order valence-corrected chi connectivity index (χ3v) is 8.48. The zero-order valence-corrected chi connectivity index (χ0v) is 13.6. The van der Waals surface area contributed by atoms with Crippen molar-refractivity contribution in [2.24, 2.45) is 5.92 Å². The van der Waals surface area contributed by atoms with Crippen LogP contribution in [0.4, 0.5) is 0 Å². The predicted octanol–water partition coefficient (Wildman–Crippen LogP) is 0.0785. The number of rotatable bonds is 3. The molecule has 2 rings (SSSR count). The zero-order valence-electron chi connectivity index (χ0n) is 11.9. The summed E-state index contributed by atoms with van der Waals surface area (Å²) in [7, 11) is -6.92. The molecule has 9 heteroatoms. The number of piperidine rings is 1. The molecule has 2 unspecified atom stereocenters. The van der Waals surface area contributed by atoms with Gasteiger partial charge in [0.15, 0.2) is 0 Å². The fourth-order valence-electron chi connectivity index (χ4n) is 3.16. The van der Waals surface area contributed by atoms with E-state index in [-0.39, 0.29) is 36.8 Å². The highest BCUT2D eigenvalue weighted by molar-refractivity contribution is 7.92. The largest absolute Gasteiger partial charge is 0.480 e. The van der Waals surface area contributed by atoms with Gasteiger partial charge in [-0.1, -0.05) is 6.92 Å². The third kappa shape index (κ3) is 3.40. The second-order valence-corrected chi connectivity index (χ2v) is 10.4. The van der Waals surface area contributed by atoms with E-state index in [9.17, 15) is 26.7 Å². The smallest absolute Gasteiger partial charge is 0.322 e. The van der Waals surface area contributed by atoms with Gasteiger partial charge in [-0.25, -0.2) is 16.8 Å². The molecule has 0 amide bonds. The number of hydrogen-bond donors (Lipinski definition) is 1. The monoisotopic (exact) mass is 339 g/mol. The van der Waals surface area contributed by atoms with Crippen LogP contribution in [0.25, 0.3) is 0 Å². The molecule has 2 atom stereocenters. The summed E-state index contributed by atoms with van der Waals surface area (Å²) < 4.78 is 49.3. The van der Waals surface area contributed by atoms with Crippen molar-refractivity contribution >= 4 is 25.8 Å². The van der Waals surface area contributed by atoms with Gasteiger partial charge in [0.05, 0.1) is 16.8 Å². The first-order valence-corrected chi connectivity index (χ1v) is 10.4. The minimum atomic E-state index is -3.77. The van der Waals surface area contributed by atoms with Crippen LogP contribution >= 0.6 is 0 Å². The molecular formula is C12H21NO6S2. The van der Waals surface area contributed by atoms with Gasteiger partial charge in [0.1, 0.15) is 15.9 Å². The van der Waals surface area contributed by atoms with E-state index in [4.69, 9.17) is 0 Å². The topological polar surface area (TPSA) is 109 Å². The molecule has 0 aliphatic carbocycles. The lowest BCUT2D eigenvalue weighted by molar-refractivity contribution is -0.144. The third-order valence-electron chi connectivity index (χ3n) is 4.39. The van der Waals surface area contributed by atoms with Crippen molar-refractivity contribution in [2.45, 2.75) is 43.9 Å². The molecule has 2 aliphatic heterocycles. The fraction of sp³-hybridized carbons (Fsp3) is 0.917. The fourth-order valence-corrected chi connectivity index (χ4v) is 7.16. The molecule has 0 aromatic heterocycles. The number of nitrogens with zero attached hydrogens (tertiary/aromatic N) is 1. The molecule has 122 valence electrons. The van der Waals surface area contributed by atoms with E-state index in [1.807, 2.05) is 0 Å². The highest BCUT2D eigenvalue weighted by Crippen LogP contribution is 2.30. The van der Waals surface area contributed by atoms with Gasteiger partial charge in [0, 0.05) is 6.54 Å². The van der Waals surface area contributed by atoms with Crippen molar-refractivity contribution in [3.63, 3.8) is 0 Å². The summed E-state index contributed by atoms with van der Waals surface area (Å²) in [5.41, 5.74) is 0. The van der Waals surface area contributed by atoms with Crippen molar-refractivity contribution in [3.8, 4) is 0 Å². The molecule has 0 saturated carbocycles. The van der Waals surface area contributed by atoms with Gasteiger partial charge in [-0.05, 0) is 31.6 Å². The second-order valence-electron chi connectivity index (χ2n) is 5.91. The first-order chi connectivity index (χ1) is 9.65. The minimum Gasteiger partial charge on any atom is -0.480 e. The molecule has 0 aromatic rings. The number of carbonyl (C=O) groups is 1. The highest BCUT2D eigenvalue weighted by atomic mass is 32.2. The van der Waals surface area contributed by atoms with Crippen LogP contribution < -0.4 is 0 Å². The second kappa shape index (κ2) is 5.85. The Kier molecular flexibility index (Phi) is 4.65. The van der Waals surface area contributed by atoms with E-state index in [2.05, 4.69) is 0 Å². The minimum absolute atomic E-state index is 0.0574. The molecule has 2 aliphatic rings. The van der Waals surface area contributed by atoms with Crippen LogP contribution in [0.15, 0.2) is 0 Å². The Hall–Kier alpha value is -0.670. The number of carboxylic acids is 1. The van der Waals surface area contributed by atoms with Gasteiger partial charge >= 0.3 is 5.97 Å². The van der Waals surface area contributed by atoms with Crippen LogP contribution in [0.2, 0.25) is 0 Å². The molecule has 0 aromatic carbocycles. The van der Waals surface area contributed by atoms with Crippen molar-refractivity contribution in [1.82, 2.24) is 4.31 Å². The number of carboxylic acid groups (broad SMARTS) is 1. The van der Waals surface area contributed by atoms with Gasteiger partial charge in [-0.15, -0.1) is 0 Å². The van der Waals surface area contributed by atoms with Crippen LogP contribution in [0.5, 0.6) is 0 Å². The Bertz CT molecular complexity index is 598. The molecule has 0 radical (unpaired) electrons. The summed E-state index contributed by atoms with van der Waals surface area (Å²) in [4.78, 5) is 11.4. The maximum atomic E-state index is 12.7.